The predicted octanol–water partition coefficient (Wildman–Crippen LogP) is 4.88. The number of unbranched alkanes of at least 4 members (excludes halogenated alkanes) is 3. The van der Waals surface area contributed by atoms with Crippen LogP contribution in [0.5, 0.6) is 5.75 Å². The van der Waals surface area contributed by atoms with Gasteiger partial charge in [0.25, 0.3) is 5.91 Å². The fourth-order valence-corrected chi connectivity index (χ4v) is 6.00. The summed E-state index contributed by atoms with van der Waals surface area (Å²) >= 11 is 6.28. The molecule has 222 valence electrons. The van der Waals surface area contributed by atoms with Crippen molar-refractivity contribution in [3.63, 3.8) is 0 Å². The van der Waals surface area contributed by atoms with Crippen LogP contribution < -0.4 is 15.0 Å². The summed E-state index contributed by atoms with van der Waals surface area (Å²) in [7, 11) is 2.21. The Morgan fingerprint density at radius 1 is 1.10 bits per heavy atom. The molecular weight excluding hydrogens is 540 g/mol. The first-order chi connectivity index (χ1) is 19.9. The lowest BCUT2D eigenvalue weighted by atomic mass is 9.92. The third kappa shape index (κ3) is 8.54. The van der Waals surface area contributed by atoms with Crippen LogP contribution in [0.15, 0.2) is 24.3 Å². The number of amides is 1. The molecule has 10 heteroatoms. The first-order valence-corrected chi connectivity index (χ1v) is 15.3. The number of aliphatic hydroxyl groups is 1. The van der Waals surface area contributed by atoms with E-state index >= 15 is 0 Å². The molecule has 1 aromatic heterocycles. The first kappa shape index (κ1) is 31.0. The van der Waals surface area contributed by atoms with E-state index in [0.29, 0.717) is 34.7 Å². The van der Waals surface area contributed by atoms with E-state index in [0.717, 1.165) is 82.4 Å². The fraction of sp³-hybridized carbons (Fsp3) is 0.613. The SMILES string of the molecule is Cc1c(OC2CCC(NC(=O)c3ccc(N4CCC(N(C)CCCCCCO)CC4)nn3)CC2)ccc(C#N)c1Cl. The molecule has 2 aliphatic rings. The van der Waals surface area contributed by atoms with Gasteiger partial charge < -0.3 is 25.0 Å². The number of nitriles is 1. The van der Waals surface area contributed by atoms with Crippen molar-refractivity contribution in [3.8, 4) is 11.8 Å². The lowest BCUT2D eigenvalue weighted by Crippen LogP contribution is -2.44. The largest absolute Gasteiger partial charge is 0.490 e. The van der Waals surface area contributed by atoms with Crippen LogP contribution in [0.4, 0.5) is 5.82 Å². The van der Waals surface area contributed by atoms with Crippen molar-refractivity contribution >= 4 is 23.3 Å². The highest BCUT2D eigenvalue weighted by atomic mass is 35.5. The lowest BCUT2D eigenvalue weighted by molar-refractivity contribution is 0.0887. The molecule has 2 heterocycles. The van der Waals surface area contributed by atoms with Gasteiger partial charge in [0.1, 0.15) is 11.8 Å². The van der Waals surface area contributed by atoms with Gasteiger partial charge in [-0.15, -0.1) is 10.2 Å². The molecule has 0 atom stereocenters. The number of aromatic nitrogens is 2. The number of hydrogen-bond acceptors (Lipinski definition) is 8. The number of rotatable bonds is 12. The fourth-order valence-electron chi connectivity index (χ4n) is 5.81. The molecule has 1 aliphatic carbocycles. The average Bonchev–Trinajstić information content (AvgIpc) is 3.00. The smallest absolute Gasteiger partial charge is 0.272 e. The minimum absolute atomic E-state index is 0.0470. The van der Waals surface area contributed by atoms with Crippen LogP contribution >= 0.6 is 11.6 Å². The van der Waals surface area contributed by atoms with Crippen molar-refractivity contribution < 1.29 is 14.6 Å². The number of benzene rings is 1. The van der Waals surface area contributed by atoms with Gasteiger partial charge in [-0.25, -0.2) is 0 Å². The Balaban J connectivity index is 1.18. The first-order valence-electron chi connectivity index (χ1n) is 15.0. The second kappa shape index (κ2) is 15.3. The summed E-state index contributed by atoms with van der Waals surface area (Å²) in [5, 5.41) is 30.3. The number of carbonyl (C=O) groups is 1. The zero-order valence-electron chi connectivity index (χ0n) is 24.3. The summed E-state index contributed by atoms with van der Waals surface area (Å²) in [6, 6.07) is 9.91. The monoisotopic (exact) mass is 582 g/mol. The summed E-state index contributed by atoms with van der Waals surface area (Å²) in [5.74, 6) is 1.34. The van der Waals surface area contributed by atoms with Crippen LogP contribution in [0.3, 0.4) is 0 Å². The van der Waals surface area contributed by atoms with E-state index in [-0.39, 0.29) is 18.1 Å². The van der Waals surface area contributed by atoms with Crippen LogP contribution in [-0.4, -0.2) is 77.6 Å². The van der Waals surface area contributed by atoms with Crippen molar-refractivity contribution in [1.82, 2.24) is 20.4 Å². The van der Waals surface area contributed by atoms with Gasteiger partial charge in [-0.05, 0) is 96.1 Å². The Morgan fingerprint density at radius 2 is 1.83 bits per heavy atom. The molecule has 2 N–H and O–H groups in total. The second-order valence-electron chi connectivity index (χ2n) is 11.3. The van der Waals surface area contributed by atoms with Crippen LogP contribution in [0, 0.1) is 18.3 Å². The zero-order valence-corrected chi connectivity index (χ0v) is 25.1. The number of carbonyl (C=O) groups excluding carboxylic acids is 1. The minimum atomic E-state index is -0.192. The molecule has 4 rings (SSSR count). The van der Waals surface area contributed by atoms with Gasteiger partial charge in [0.05, 0.1) is 16.7 Å². The quantitative estimate of drug-likeness (QED) is 0.340. The number of anilines is 1. The van der Waals surface area contributed by atoms with Gasteiger partial charge in [0, 0.05) is 37.3 Å². The van der Waals surface area contributed by atoms with E-state index in [2.05, 4.69) is 38.4 Å². The maximum atomic E-state index is 12.9. The molecule has 1 amide bonds. The van der Waals surface area contributed by atoms with E-state index in [1.54, 1.807) is 18.2 Å². The molecule has 41 heavy (non-hydrogen) atoms. The highest BCUT2D eigenvalue weighted by molar-refractivity contribution is 6.32. The maximum Gasteiger partial charge on any atom is 0.272 e. The highest BCUT2D eigenvalue weighted by Crippen LogP contribution is 2.32. The summed E-state index contributed by atoms with van der Waals surface area (Å²) in [5.41, 5.74) is 1.57. The summed E-state index contributed by atoms with van der Waals surface area (Å²) in [6.07, 6.45) is 9.84. The minimum Gasteiger partial charge on any atom is -0.490 e. The van der Waals surface area contributed by atoms with Gasteiger partial charge in [-0.1, -0.05) is 24.4 Å². The van der Waals surface area contributed by atoms with Crippen molar-refractivity contribution in [1.29, 1.82) is 5.26 Å². The van der Waals surface area contributed by atoms with Crippen molar-refractivity contribution in [3.05, 3.63) is 46.1 Å². The molecular formula is C31H43ClN6O3. The molecule has 2 aromatic rings. The predicted molar refractivity (Wildman–Crippen MR) is 160 cm³/mol. The van der Waals surface area contributed by atoms with Gasteiger partial charge in [-0.3, -0.25) is 4.79 Å². The van der Waals surface area contributed by atoms with E-state index in [9.17, 15) is 4.79 Å². The third-order valence-corrected chi connectivity index (χ3v) is 8.96. The third-order valence-electron chi connectivity index (χ3n) is 8.47. The van der Waals surface area contributed by atoms with E-state index < -0.39 is 0 Å². The Kier molecular flexibility index (Phi) is 11.6. The molecule has 2 fully saturated rings. The van der Waals surface area contributed by atoms with Gasteiger partial charge >= 0.3 is 0 Å². The number of nitrogens with zero attached hydrogens (tertiary/aromatic N) is 5. The van der Waals surface area contributed by atoms with Crippen LogP contribution in [0.25, 0.3) is 0 Å². The van der Waals surface area contributed by atoms with E-state index in [1.165, 1.54) is 12.8 Å². The Hall–Kier alpha value is -2.93. The van der Waals surface area contributed by atoms with Crippen LogP contribution in [-0.2, 0) is 0 Å². The Labute approximate surface area is 248 Å². The molecule has 0 radical (unpaired) electrons. The zero-order chi connectivity index (χ0) is 29.2. The summed E-state index contributed by atoms with van der Waals surface area (Å²) in [6.45, 7) is 5.11. The standard InChI is InChI=1S/C31H43ClN6O3/c1-22-28(13-7-23(21-33)30(22)32)41-26-10-8-24(9-11-26)34-31(40)27-12-14-29(36-35-27)38-18-15-25(16-19-38)37(2)17-5-3-4-6-20-39/h7,12-14,24-26,39H,3-6,8-11,15-20H2,1-2H3,(H,34,40). The second-order valence-corrected chi connectivity index (χ2v) is 11.7. The van der Waals surface area contributed by atoms with E-state index in [4.69, 9.17) is 26.7 Å². The summed E-state index contributed by atoms with van der Waals surface area (Å²) < 4.78 is 6.18. The number of nitrogens with one attached hydrogen (secondary N) is 1. The highest BCUT2D eigenvalue weighted by Gasteiger charge is 2.26. The molecule has 1 aliphatic heterocycles. The van der Waals surface area contributed by atoms with Crippen molar-refractivity contribution in [2.24, 2.45) is 0 Å². The molecule has 1 saturated carbocycles. The van der Waals surface area contributed by atoms with Gasteiger partial charge in [0.15, 0.2) is 11.5 Å². The maximum absolute atomic E-state index is 12.9. The Morgan fingerprint density at radius 3 is 2.49 bits per heavy atom. The average molecular weight is 583 g/mol. The van der Waals surface area contributed by atoms with Gasteiger partial charge in [-0.2, -0.15) is 5.26 Å². The molecule has 1 saturated heterocycles. The van der Waals surface area contributed by atoms with Crippen LogP contribution in [0.1, 0.15) is 85.8 Å². The lowest BCUT2D eigenvalue weighted by Gasteiger charge is -2.37. The number of piperidine rings is 1. The molecule has 0 bridgehead atoms. The van der Waals surface area contributed by atoms with Crippen molar-refractivity contribution in [2.75, 3.05) is 38.2 Å². The molecule has 0 unspecified atom stereocenters. The number of hydrogen-bond donors (Lipinski definition) is 2. The topological polar surface area (TPSA) is 115 Å². The normalized spacial score (nSPS) is 19.7. The number of aliphatic hydroxyl groups excluding tert-OH is 1. The number of ether oxygens (including phenoxy) is 1. The Bertz CT molecular complexity index is 1170. The van der Waals surface area contributed by atoms with Gasteiger partial charge in [0.2, 0.25) is 0 Å². The number of halogens is 1. The summed E-state index contributed by atoms with van der Waals surface area (Å²) in [4.78, 5) is 17.6. The van der Waals surface area contributed by atoms with Crippen molar-refractivity contribution in [2.45, 2.75) is 89.3 Å². The molecule has 9 nitrogen and oxygen atoms in total. The van der Waals surface area contributed by atoms with Crippen LogP contribution in [0.2, 0.25) is 5.02 Å². The van der Waals surface area contributed by atoms with E-state index in [1.807, 2.05) is 13.0 Å². The molecule has 1 aromatic carbocycles. The molecule has 0 spiro atoms.